The fourth-order valence-corrected chi connectivity index (χ4v) is 3.12. The van der Waals surface area contributed by atoms with E-state index in [1.807, 2.05) is 25.1 Å². The van der Waals surface area contributed by atoms with E-state index in [1.54, 1.807) is 37.3 Å². The minimum Gasteiger partial charge on any atom is -0.325 e. The molecule has 0 aliphatic carbocycles. The van der Waals surface area contributed by atoms with Gasteiger partial charge in [-0.1, -0.05) is 46.3 Å². The van der Waals surface area contributed by atoms with Gasteiger partial charge >= 0.3 is 6.03 Å². The van der Waals surface area contributed by atoms with Crippen molar-refractivity contribution in [2.45, 2.75) is 19.4 Å². The maximum Gasteiger partial charge on any atom is 0.325 e. The maximum absolute atomic E-state index is 12.8. The predicted octanol–water partition coefficient (Wildman–Crippen LogP) is 3.16. The summed E-state index contributed by atoms with van der Waals surface area (Å²) in [7, 11) is 0. The van der Waals surface area contributed by atoms with Gasteiger partial charge in [0, 0.05) is 10.2 Å². The monoisotopic (exact) mass is 415 g/mol. The first-order valence-corrected chi connectivity index (χ1v) is 8.86. The number of hydrogen-bond acceptors (Lipinski definition) is 3. The lowest BCUT2D eigenvalue weighted by Gasteiger charge is -2.22. The summed E-state index contributed by atoms with van der Waals surface area (Å²) in [6.07, 6.45) is 0. The van der Waals surface area contributed by atoms with Crippen molar-refractivity contribution >= 4 is 39.5 Å². The smallest absolute Gasteiger partial charge is 0.325 e. The van der Waals surface area contributed by atoms with E-state index in [0.717, 1.165) is 14.9 Å². The second-order valence-electron chi connectivity index (χ2n) is 6.32. The third-order valence-electron chi connectivity index (χ3n) is 4.37. The van der Waals surface area contributed by atoms with Gasteiger partial charge in [0.1, 0.15) is 12.1 Å². The van der Waals surface area contributed by atoms with Crippen molar-refractivity contribution in [2.24, 2.45) is 0 Å². The second-order valence-corrected chi connectivity index (χ2v) is 7.18. The zero-order valence-corrected chi connectivity index (χ0v) is 16.0. The number of benzene rings is 2. The Hall–Kier alpha value is -2.67. The number of nitrogens with zero attached hydrogens (tertiary/aromatic N) is 1. The molecule has 6 nitrogen and oxygen atoms in total. The largest absolute Gasteiger partial charge is 0.325 e. The zero-order chi connectivity index (χ0) is 18.9. The number of aryl methyl sites for hydroxylation is 1. The van der Waals surface area contributed by atoms with Crippen molar-refractivity contribution < 1.29 is 14.4 Å². The van der Waals surface area contributed by atoms with E-state index in [-0.39, 0.29) is 6.54 Å². The number of halogens is 1. The normalized spacial score (nSPS) is 19.4. The molecule has 0 aromatic heterocycles. The van der Waals surface area contributed by atoms with Crippen LogP contribution in [0.5, 0.6) is 0 Å². The molecule has 26 heavy (non-hydrogen) atoms. The zero-order valence-electron chi connectivity index (χ0n) is 14.4. The lowest BCUT2D eigenvalue weighted by molar-refractivity contribution is -0.133. The van der Waals surface area contributed by atoms with E-state index in [0.29, 0.717) is 11.3 Å². The second kappa shape index (κ2) is 6.92. The van der Waals surface area contributed by atoms with Crippen LogP contribution in [0.25, 0.3) is 0 Å². The Bertz CT molecular complexity index is 885. The summed E-state index contributed by atoms with van der Waals surface area (Å²) in [4.78, 5) is 38.3. The Labute approximate surface area is 159 Å². The molecule has 1 aliphatic rings. The quantitative estimate of drug-likeness (QED) is 0.752. The Morgan fingerprint density at radius 1 is 1.19 bits per heavy atom. The molecule has 2 aromatic carbocycles. The standard InChI is InChI=1S/C19H18BrN3O3/c1-12-10-14(8-9-15(12)20)21-16(24)11-23-17(25)19(2,22-18(23)26)13-6-4-3-5-7-13/h3-10H,11H2,1-2H3,(H,21,24)(H,22,26)/t19-/m0/s1. The molecule has 2 N–H and O–H groups in total. The number of carbonyl (C=O) groups excluding carboxylic acids is 3. The highest BCUT2D eigenvalue weighted by molar-refractivity contribution is 9.10. The van der Waals surface area contributed by atoms with Crippen molar-refractivity contribution in [1.29, 1.82) is 0 Å². The third-order valence-corrected chi connectivity index (χ3v) is 5.26. The molecule has 7 heteroatoms. The highest BCUT2D eigenvalue weighted by Gasteiger charge is 2.49. The van der Waals surface area contributed by atoms with Crippen LogP contribution in [0.1, 0.15) is 18.1 Å². The van der Waals surface area contributed by atoms with Crippen molar-refractivity contribution in [3.05, 3.63) is 64.1 Å². The van der Waals surface area contributed by atoms with Gasteiger partial charge in [-0.25, -0.2) is 4.79 Å². The van der Waals surface area contributed by atoms with Crippen LogP contribution in [0.2, 0.25) is 0 Å². The van der Waals surface area contributed by atoms with E-state index >= 15 is 0 Å². The minimum atomic E-state index is -1.17. The first kappa shape index (κ1) is 18.1. The van der Waals surface area contributed by atoms with Gasteiger partial charge in [0.2, 0.25) is 5.91 Å². The van der Waals surface area contributed by atoms with Gasteiger partial charge in [0.15, 0.2) is 0 Å². The lowest BCUT2D eigenvalue weighted by Crippen LogP contribution is -2.42. The van der Waals surface area contributed by atoms with Crippen LogP contribution in [0, 0.1) is 6.92 Å². The fraction of sp³-hybridized carbons (Fsp3) is 0.211. The number of carbonyl (C=O) groups is 3. The molecular weight excluding hydrogens is 398 g/mol. The molecule has 1 aliphatic heterocycles. The summed E-state index contributed by atoms with van der Waals surface area (Å²) >= 11 is 3.40. The van der Waals surface area contributed by atoms with E-state index in [1.165, 1.54) is 0 Å². The molecule has 0 radical (unpaired) electrons. The molecule has 1 atom stereocenters. The molecule has 1 fully saturated rings. The number of amides is 4. The minimum absolute atomic E-state index is 0.345. The first-order valence-electron chi connectivity index (χ1n) is 8.07. The summed E-state index contributed by atoms with van der Waals surface area (Å²) in [5.74, 6) is -0.886. The number of imide groups is 1. The summed E-state index contributed by atoms with van der Waals surface area (Å²) in [6.45, 7) is 3.20. The van der Waals surface area contributed by atoms with Gasteiger partial charge in [-0.2, -0.15) is 0 Å². The molecule has 3 rings (SSSR count). The van der Waals surface area contributed by atoms with Gasteiger partial charge in [-0.15, -0.1) is 0 Å². The molecule has 134 valence electrons. The first-order chi connectivity index (χ1) is 12.3. The molecular formula is C19H18BrN3O3. The Balaban J connectivity index is 1.73. The van der Waals surface area contributed by atoms with Gasteiger partial charge in [0.25, 0.3) is 5.91 Å². The Kier molecular flexibility index (Phi) is 4.82. The molecule has 1 heterocycles. The average molecular weight is 416 g/mol. The summed E-state index contributed by atoms with van der Waals surface area (Å²) in [5, 5.41) is 5.39. The maximum atomic E-state index is 12.8. The van der Waals surface area contributed by atoms with Crippen molar-refractivity contribution in [3.8, 4) is 0 Å². The van der Waals surface area contributed by atoms with Crippen LogP contribution in [0.15, 0.2) is 53.0 Å². The van der Waals surface area contributed by atoms with Crippen LogP contribution < -0.4 is 10.6 Å². The van der Waals surface area contributed by atoms with Crippen LogP contribution in [0.3, 0.4) is 0 Å². The van der Waals surface area contributed by atoms with Gasteiger partial charge in [-0.05, 0) is 43.2 Å². The summed E-state index contributed by atoms with van der Waals surface area (Å²) < 4.78 is 0.934. The highest BCUT2D eigenvalue weighted by atomic mass is 79.9. The third kappa shape index (κ3) is 3.35. The van der Waals surface area contributed by atoms with Gasteiger partial charge in [-0.3, -0.25) is 14.5 Å². The summed E-state index contributed by atoms with van der Waals surface area (Å²) in [5.41, 5.74) is 1.07. The Morgan fingerprint density at radius 2 is 1.88 bits per heavy atom. The molecule has 0 bridgehead atoms. The number of anilines is 1. The van der Waals surface area contributed by atoms with Crippen LogP contribution in [-0.4, -0.2) is 29.3 Å². The van der Waals surface area contributed by atoms with Crippen LogP contribution in [-0.2, 0) is 15.1 Å². The molecule has 0 unspecified atom stereocenters. The fourth-order valence-electron chi connectivity index (χ4n) is 2.87. The van der Waals surface area contributed by atoms with Gasteiger partial charge < -0.3 is 10.6 Å². The molecule has 2 aromatic rings. The average Bonchev–Trinajstić information content (AvgIpc) is 2.83. The number of nitrogens with one attached hydrogen (secondary N) is 2. The molecule has 0 spiro atoms. The van der Waals surface area contributed by atoms with E-state index in [4.69, 9.17) is 0 Å². The van der Waals surface area contributed by atoms with E-state index in [9.17, 15) is 14.4 Å². The predicted molar refractivity (Wildman–Crippen MR) is 102 cm³/mol. The molecule has 4 amide bonds. The summed E-state index contributed by atoms with van der Waals surface area (Å²) in [6, 6.07) is 13.8. The van der Waals surface area contributed by atoms with Gasteiger partial charge in [0.05, 0.1) is 0 Å². The number of hydrogen-bond donors (Lipinski definition) is 2. The van der Waals surface area contributed by atoms with Crippen molar-refractivity contribution in [3.63, 3.8) is 0 Å². The van der Waals surface area contributed by atoms with Crippen molar-refractivity contribution in [1.82, 2.24) is 10.2 Å². The molecule has 1 saturated heterocycles. The van der Waals surface area contributed by atoms with E-state index in [2.05, 4.69) is 26.6 Å². The Morgan fingerprint density at radius 3 is 2.54 bits per heavy atom. The SMILES string of the molecule is Cc1cc(NC(=O)CN2C(=O)N[C@@](C)(c3ccccc3)C2=O)ccc1Br. The number of urea groups is 1. The molecule has 0 saturated carbocycles. The number of rotatable bonds is 4. The topological polar surface area (TPSA) is 78.5 Å². The lowest BCUT2D eigenvalue weighted by atomic mass is 9.92. The van der Waals surface area contributed by atoms with E-state index < -0.39 is 23.4 Å². The highest BCUT2D eigenvalue weighted by Crippen LogP contribution is 2.28. The van der Waals surface area contributed by atoms with Crippen LogP contribution >= 0.6 is 15.9 Å². The van der Waals surface area contributed by atoms with Crippen molar-refractivity contribution in [2.75, 3.05) is 11.9 Å². The van der Waals surface area contributed by atoms with Crippen LogP contribution in [0.4, 0.5) is 10.5 Å².